The van der Waals surface area contributed by atoms with Gasteiger partial charge in [-0.05, 0) is 99.3 Å². The molecular weight excluding hydrogens is 363 g/mol. The van der Waals surface area contributed by atoms with Gasteiger partial charge in [-0.1, -0.05) is 29.8 Å². The third-order valence-electron chi connectivity index (χ3n) is 5.25. The summed E-state index contributed by atoms with van der Waals surface area (Å²) in [7, 11) is 3.77. The fourth-order valence-corrected chi connectivity index (χ4v) is 4.35. The maximum absolute atomic E-state index is 6.12. The molecule has 0 heterocycles. The average Bonchev–Trinajstić information content (AvgIpc) is 2.66. The SMILES string of the molecule is COC(CCCCC/C=C/CCCc1cc(PCl)c(C)c(C)c1C)OC. The van der Waals surface area contributed by atoms with Crippen LogP contribution in [0.4, 0.5) is 0 Å². The van der Waals surface area contributed by atoms with Crippen molar-refractivity contribution in [3.63, 3.8) is 0 Å². The van der Waals surface area contributed by atoms with E-state index in [0.29, 0.717) is 7.93 Å². The molecule has 0 radical (unpaired) electrons. The van der Waals surface area contributed by atoms with Gasteiger partial charge >= 0.3 is 0 Å². The molecule has 0 spiro atoms. The third-order valence-corrected chi connectivity index (χ3v) is 6.58. The standard InChI is InChI=1S/C22H36ClO2P/c1-17-18(2)20(16-21(26-23)19(17)3)14-12-10-8-6-7-9-11-13-15-22(24-4)25-5/h6,8,16,22,26H,7,9-15H2,1-5H3/b8-6+. The number of ether oxygens (including phenoxy) is 2. The molecule has 4 heteroatoms. The number of rotatable bonds is 13. The third kappa shape index (κ3) is 8.09. The quantitative estimate of drug-likeness (QED) is 0.163. The van der Waals surface area contributed by atoms with Crippen molar-refractivity contribution in [1.82, 2.24) is 0 Å². The van der Waals surface area contributed by atoms with Crippen LogP contribution in [-0.4, -0.2) is 20.5 Å². The average molecular weight is 399 g/mol. The second kappa shape index (κ2) is 13.7. The van der Waals surface area contributed by atoms with Gasteiger partial charge < -0.3 is 9.47 Å². The molecule has 2 nitrogen and oxygen atoms in total. The topological polar surface area (TPSA) is 18.5 Å². The Bertz CT molecular complexity index is 554. The first kappa shape index (κ1) is 23.6. The first-order chi connectivity index (χ1) is 12.5. The summed E-state index contributed by atoms with van der Waals surface area (Å²) >= 11 is 6.12. The van der Waals surface area contributed by atoms with Gasteiger partial charge in [0.25, 0.3) is 0 Å². The number of methoxy groups -OCH3 is 2. The van der Waals surface area contributed by atoms with Crippen LogP contribution in [0.5, 0.6) is 0 Å². The molecule has 1 aromatic carbocycles. The van der Waals surface area contributed by atoms with Gasteiger partial charge in [-0.25, -0.2) is 0 Å². The van der Waals surface area contributed by atoms with Crippen LogP contribution < -0.4 is 5.30 Å². The van der Waals surface area contributed by atoms with E-state index >= 15 is 0 Å². The van der Waals surface area contributed by atoms with Crippen LogP contribution in [0.2, 0.25) is 0 Å². The highest BCUT2D eigenvalue weighted by molar-refractivity contribution is 7.75. The Kier molecular flexibility index (Phi) is 12.5. The Morgan fingerprint density at radius 2 is 1.58 bits per heavy atom. The summed E-state index contributed by atoms with van der Waals surface area (Å²) in [5, 5.41) is 1.31. The minimum absolute atomic E-state index is 0.0424. The van der Waals surface area contributed by atoms with Crippen molar-refractivity contribution in [2.75, 3.05) is 14.2 Å². The molecule has 0 bridgehead atoms. The molecule has 0 fully saturated rings. The van der Waals surface area contributed by atoms with E-state index in [9.17, 15) is 0 Å². The highest BCUT2D eigenvalue weighted by Gasteiger charge is 2.08. The van der Waals surface area contributed by atoms with Crippen LogP contribution in [0.25, 0.3) is 0 Å². The number of unbranched alkanes of at least 4 members (excludes halogenated alkanes) is 4. The van der Waals surface area contributed by atoms with E-state index < -0.39 is 0 Å². The van der Waals surface area contributed by atoms with Crippen molar-refractivity contribution < 1.29 is 9.47 Å². The van der Waals surface area contributed by atoms with E-state index in [1.54, 1.807) is 14.2 Å². The van der Waals surface area contributed by atoms with Crippen molar-refractivity contribution in [2.24, 2.45) is 0 Å². The van der Waals surface area contributed by atoms with Crippen LogP contribution in [0, 0.1) is 20.8 Å². The van der Waals surface area contributed by atoms with Crippen molar-refractivity contribution in [1.29, 1.82) is 0 Å². The van der Waals surface area contributed by atoms with Crippen molar-refractivity contribution >= 4 is 24.5 Å². The molecule has 0 aliphatic heterocycles. The number of benzene rings is 1. The van der Waals surface area contributed by atoms with E-state index in [4.69, 9.17) is 20.7 Å². The molecule has 1 unspecified atom stereocenters. The van der Waals surface area contributed by atoms with Crippen molar-refractivity contribution in [3.8, 4) is 0 Å². The Labute approximate surface area is 167 Å². The maximum atomic E-state index is 6.12. The number of aryl methyl sites for hydroxylation is 1. The van der Waals surface area contributed by atoms with E-state index in [1.807, 2.05) is 0 Å². The van der Waals surface area contributed by atoms with Gasteiger partial charge in [0.15, 0.2) is 6.29 Å². The monoisotopic (exact) mass is 398 g/mol. The Hall–Kier alpha value is -0.400. The summed E-state index contributed by atoms with van der Waals surface area (Å²) in [6.45, 7) is 6.65. The lowest BCUT2D eigenvalue weighted by molar-refractivity contribution is -0.107. The summed E-state index contributed by atoms with van der Waals surface area (Å²) in [6.07, 6.45) is 13.9. The second-order valence-corrected chi connectivity index (χ2v) is 8.25. The van der Waals surface area contributed by atoms with Crippen LogP contribution in [0.3, 0.4) is 0 Å². The van der Waals surface area contributed by atoms with E-state index in [-0.39, 0.29) is 6.29 Å². The molecule has 0 aromatic heterocycles. The summed E-state index contributed by atoms with van der Waals surface area (Å²) in [6, 6.07) is 2.32. The summed E-state index contributed by atoms with van der Waals surface area (Å²) in [4.78, 5) is 0. The highest BCUT2D eigenvalue weighted by atomic mass is 35.7. The fourth-order valence-electron chi connectivity index (χ4n) is 3.20. The Balaban J connectivity index is 2.23. The van der Waals surface area contributed by atoms with E-state index in [0.717, 1.165) is 25.7 Å². The first-order valence-corrected chi connectivity index (χ1v) is 11.7. The lowest BCUT2D eigenvalue weighted by Crippen LogP contribution is -2.12. The Morgan fingerprint density at radius 3 is 2.19 bits per heavy atom. The van der Waals surface area contributed by atoms with Crippen LogP contribution in [-0.2, 0) is 15.9 Å². The molecule has 148 valence electrons. The molecule has 26 heavy (non-hydrogen) atoms. The predicted molar refractivity (Wildman–Crippen MR) is 117 cm³/mol. The molecule has 0 saturated carbocycles. The normalized spacial score (nSPS) is 12.3. The second-order valence-electron chi connectivity index (χ2n) is 6.96. The van der Waals surface area contributed by atoms with Gasteiger partial charge in [0.2, 0.25) is 0 Å². The molecule has 1 rings (SSSR count). The lowest BCUT2D eigenvalue weighted by Gasteiger charge is -2.14. The molecule has 0 amide bonds. The largest absolute Gasteiger partial charge is 0.356 e. The maximum Gasteiger partial charge on any atom is 0.156 e. The van der Waals surface area contributed by atoms with Gasteiger partial charge in [-0.15, -0.1) is 0 Å². The predicted octanol–water partition coefficient (Wildman–Crippen LogP) is 6.52. The zero-order valence-corrected chi connectivity index (χ0v) is 18.9. The van der Waals surface area contributed by atoms with Gasteiger partial charge in [-0.2, -0.15) is 0 Å². The van der Waals surface area contributed by atoms with Crippen molar-refractivity contribution in [3.05, 3.63) is 40.5 Å². The minimum Gasteiger partial charge on any atom is -0.356 e. The number of hydrogen-bond donors (Lipinski definition) is 0. The minimum atomic E-state index is -0.0424. The molecule has 0 saturated heterocycles. The van der Waals surface area contributed by atoms with Gasteiger partial charge in [0, 0.05) is 22.2 Å². The number of halogens is 1. The van der Waals surface area contributed by atoms with Gasteiger partial charge in [-0.3, -0.25) is 0 Å². The zero-order chi connectivity index (χ0) is 19.4. The zero-order valence-electron chi connectivity index (χ0n) is 17.2. The summed E-state index contributed by atoms with van der Waals surface area (Å²) in [5.74, 6) is 0. The van der Waals surface area contributed by atoms with Crippen molar-refractivity contribution in [2.45, 2.75) is 78.4 Å². The smallest absolute Gasteiger partial charge is 0.156 e. The van der Waals surface area contributed by atoms with Gasteiger partial charge in [0.1, 0.15) is 0 Å². The first-order valence-electron chi connectivity index (χ1n) is 9.72. The molecule has 0 aliphatic carbocycles. The van der Waals surface area contributed by atoms with Crippen LogP contribution in [0.1, 0.15) is 67.2 Å². The summed E-state index contributed by atoms with van der Waals surface area (Å²) < 4.78 is 10.4. The highest BCUT2D eigenvalue weighted by Crippen LogP contribution is 2.25. The summed E-state index contributed by atoms with van der Waals surface area (Å²) in [5.41, 5.74) is 5.68. The van der Waals surface area contributed by atoms with E-state index in [1.165, 1.54) is 53.2 Å². The van der Waals surface area contributed by atoms with E-state index in [2.05, 4.69) is 39.0 Å². The fraction of sp³-hybridized carbons (Fsp3) is 0.636. The van der Waals surface area contributed by atoms with Crippen LogP contribution >= 0.6 is 19.2 Å². The molecule has 0 aliphatic rings. The lowest BCUT2D eigenvalue weighted by atomic mass is 9.95. The van der Waals surface area contributed by atoms with Gasteiger partial charge in [0.05, 0.1) is 0 Å². The number of hydrogen-bond acceptors (Lipinski definition) is 2. The van der Waals surface area contributed by atoms with Crippen LogP contribution in [0.15, 0.2) is 18.2 Å². The Morgan fingerprint density at radius 1 is 0.923 bits per heavy atom. The molecule has 0 N–H and O–H groups in total. The molecular formula is C22H36ClO2P. The number of allylic oxidation sites excluding steroid dienone is 2. The molecule has 1 atom stereocenters. The molecule has 1 aromatic rings.